The van der Waals surface area contributed by atoms with Crippen LogP contribution in [-0.2, 0) is 4.79 Å². The molecule has 2 N–H and O–H groups in total. The summed E-state index contributed by atoms with van der Waals surface area (Å²) >= 11 is 0. The molecule has 1 unspecified atom stereocenters. The number of carbonyl (C=O) groups excluding carboxylic acids is 2. The number of carbonyl (C=O) groups is 2. The van der Waals surface area contributed by atoms with E-state index in [0.29, 0.717) is 24.6 Å². The van der Waals surface area contributed by atoms with E-state index in [2.05, 4.69) is 19.2 Å². The maximum Gasteiger partial charge on any atom is 1.00 e. The molecule has 0 saturated carbocycles. The molecule has 150 valence electrons. The number of aliphatic hydroxyl groups is 1. The van der Waals surface area contributed by atoms with E-state index in [9.17, 15) is 19.8 Å². The molecule has 28 heavy (non-hydrogen) atoms. The van der Waals surface area contributed by atoms with Crippen LogP contribution in [0.3, 0.4) is 0 Å². The van der Waals surface area contributed by atoms with Gasteiger partial charge in [0.25, 0.3) is 0 Å². The van der Waals surface area contributed by atoms with E-state index in [1.54, 1.807) is 12.1 Å². The number of carboxylic acid groups (broad SMARTS) is 1. The molecule has 2 amide bonds. The van der Waals surface area contributed by atoms with Gasteiger partial charge in [-0.15, -0.1) is 0 Å². The Kier molecular flexibility index (Phi) is 11.6. The van der Waals surface area contributed by atoms with Crippen molar-refractivity contribution in [2.45, 2.75) is 45.3 Å². The molecular weight excluding hydrogens is 387 g/mol. The van der Waals surface area contributed by atoms with Gasteiger partial charge >= 0.3 is 57.4 Å². The largest absolute Gasteiger partial charge is 1.00 e. The third kappa shape index (κ3) is 8.00. The van der Waals surface area contributed by atoms with Gasteiger partial charge in [0.05, 0.1) is 18.6 Å². The van der Waals surface area contributed by atoms with E-state index in [0.717, 1.165) is 6.42 Å². The molecule has 1 heterocycles. The fourth-order valence-electron chi connectivity index (χ4n) is 3.51. The molecule has 0 spiro atoms. The molecule has 1 aromatic rings. The van der Waals surface area contributed by atoms with Crippen LogP contribution in [-0.4, -0.2) is 53.8 Å². The second-order valence-corrected chi connectivity index (χ2v) is 7.47. The summed E-state index contributed by atoms with van der Waals surface area (Å²) < 4.78 is 5.81. The normalized spacial score (nSPS) is 19.8. The average molecular weight is 417 g/mol. The van der Waals surface area contributed by atoms with E-state index in [1.807, 2.05) is 18.2 Å². The molecule has 8 heteroatoms. The van der Waals surface area contributed by atoms with Gasteiger partial charge in [-0.1, -0.05) is 32.0 Å². The number of carboxylic acids is 1. The predicted octanol–water partition coefficient (Wildman–Crippen LogP) is -1.98. The van der Waals surface area contributed by atoms with Gasteiger partial charge in [-0.2, -0.15) is 0 Å². The third-order valence-corrected chi connectivity index (χ3v) is 4.73. The number of hydrogen-bond acceptors (Lipinski definition) is 5. The Balaban J connectivity index is 0.00000392. The summed E-state index contributed by atoms with van der Waals surface area (Å²) in [6.07, 6.45) is 1.27. The van der Waals surface area contributed by atoms with Gasteiger partial charge in [0.15, 0.2) is 0 Å². The number of likely N-dealkylation sites (tertiary alicyclic amines) is 1. The number of urea groups is 1. The number of amides is 2. The molecule has 3 atom stereocenters. The maximum atomic E-state index is 12.6. The summed E-state index contributed by atoms with van der Waals surface area (Å²) in [6.45, 7) is 4.83. The van der Waals surface area contributed by atoms with Crippen molar-refractivity contribution in [3.63, 3.8) is 0 Å². The number of nitrogens with zero attached hydrogens (tertiary/aromatic N) is 1. The Hall–Kier alpha value is -0.644. The molecule has 1 aliphatic heterocycles. The molecule has 1 aliphatic rings. The summed E-state index contributed by atoms with van der Waals surface area (Å²) in [6, 6.07) is 7.67. The van der Waals surface area contributed by atoms with E-state index in [-0.39, 0.29) is 76.9 Å². The van der Waals surface area contributed by atoms with Crippen LogP contribution in [0.15, 0.2) is 30.3 Å². The molecule has 2 rings (SSSR count). The first-order valence-corrected chi connectivity index (χ1v) is 9.48. The molecule has 0 radical (unpaired) electrons. The van der Waals surface area contributed by atoms with Gasteiger partial charge in [0.1, 0.15) is 11.9 Å². The number of aliphatic carboxylic acids is 1. The van der Waals surface area contributed by atoms with Crippen molar-refractivity contribution in [3.05, 3.63) is 30.3 Å². The van der Waals surface area contributed by atoms with E-state index in [4.69, 9.17) is 4.74 Å². The van der Waals surface area contributed by atoms with Crippen molar-refractivity contribution in [3.8, 4) is 5.75 Å². The van der Waals surface area contributed by atoms with Crippen LogP contribution in [0, 0.1) is 11.8 Å². The zero-order chi connectivity index (χ0) is 19.8. The number of para-hydroxylation sites is 1. The number of hydrogen-bond donors (Lipinski definition) is 2. The fraction of sp³-hybridized carbons (Fsp3) is 0.600. The number of ether oxygens (including phenoxy) is 1. The monoisotopic (exact) mass is 416 g/mol. The standard InChI is InChI=1S/C20H30N2O5.K/c1-14(2)10-15(8-9-23)12-21-20(26)22-13-17(11-18(22)19(24)25)27-16-6-4-3-5-7-16;/h3-7,14-15,17-18,23H,8-13H2,1-2H3,(H,21,26)(H,24,25);/q;+1/p-1/t15?,17-,18-;/m0./s1. The second-order valence-electron chi connectivity index (χ2n) is 7.47. The predicted molar refractivity (Wildman–Crippen MR) is 99.0 cm³/mol. The van der Waals surface area contributed by atoms with E-state index >= 15 is 0 Å². The Morgan fingerprint density at radius 1 is 1.32 bits per heavy atom. The van der Waals surface area contributed by atoms with Gasteiger partial charge in [0, 0.05) is 19.6 Å². The van der Waals surface area contributed by atoms with Gasteiger partial charge < -0.3 is 30.0 Å². The summed E-state index contributed by atoms with van der Waals surface area (Å²) in [5.41, 5.74) is 0. The number of aliphatic hydroxyl groups excluding tert-OH is 1. The molecule has 1 saturated heterocycles. The van der Waals surface area contributed by atoms with Crippen LogP contribution >= 0.6 is 0 Å². The smallest absolute Gasteiger partial charge is 0.548 e. The van der Waals surface area contributed by atoms with E-state index in [1.165, 1.54) is 4.90 Å². The molecular formula is C20H29KN2O5. The van der Waals surface area contributed by atoms with Crippen molar-refractivity contribution in [2.75, 3.05) is 19.7 Å². The first-order chi connectivity index (χ1) is 12.9. The van der Waals surface area contributed by atoms with Crippen LogP contribution in [0.2, 0.25) is 0 Å². The maximum absolute atomic E-state index is 12.6. The quantitative estimate of drug-likeness (QED) is 0.454. The summed E-state index contributed by atoms with van der Waals surface area (Å²) in [4.78, 5) is 25.3. The molecule has 0 bridgehead atoms. The zero-order valence-electron chi connectivity index (χ0n) is 17.0. The van der Waals surface area contributed by atoms with Crippen LogP contribution in [0.25, 0.3) is 0 Å². The van der Waals surface area contributed by atoms with Crippen molar-refractivity contribution in [1.82, 2.24) is 10.2 Å². The van der Waals surface area contributed by atoms with Gasteiger partial charge in [-0.05, 0) is 36.8 Å². The third-order valence-electron chi connectivity index (χ3n) is 4.73. The Morgan fingerprint density at radius 3 is 2.57 bits per heavy atom. The summed E-state index contributed by atoms with van der Waals surface area (Å²) in [7, 11) is 0. The Labute approximate surface area is 209 Å². The first-order valence-electron chi connectivity index (χ1n) is 9.48. The van der Waals surface area contributed by atoms with E-state index < -0.39 is 24.1 Å². The fourth-order valence-corrected chi connectivity index (χ4v) is 3.51. The van der Waals surface area contributed by atoms with Gasteiger partial charge in [-0.25, -0.2) is 4.79 Å². The minimum Gasteiger partial charge on any atom is -0.548 e. The first kappa shape index (κ1) is 25.4. The summed E-state index contributed by atoms with van der Waals surface area (Å²) in [5.74, 6) is -0.0376. The molecule has 0 aromatic heterocycles. The number of benzene rings is 1. The van der Waals surface area contributed by atoms with Crippen molar-refractivity contribution >= 4 is 12.0 Å². The van der Waals surface area contributed by atoms with Crippen LogP contribution in [0.4, 0.5) is 4.79 Å². The average Bonchev–Trinajstić information content (AvgIpc) is 3.04. The van der Waals surface area contributed by atoms with Crippen molar-refractivity contribution in [1.29, 1.82) is 0 Å². The SMILES string of the molecule is CC(C)CC(CCO)CNC(=O)N1C[C@@H](Oc2ccccc2)C[C@H]1C(=O)[O-].[K+]. The van der Waals surface area contributed by atoms with Crippen LogP contribution in [0.5, 0.6) is 5.75 Å². The van der Waals surface area contributed by atoms with Crippen molar-refractivity contribution < 1.29 is 75.9 Å². The zero-order valence-corrected chi connectivity index (χ0v) is 20.1. The Morgan fingerprint density at radius 2 is 2.00 bits per heavy atom. The van der Waals surface area contributed by atoms with Crippen LogP contribution < -0.4 is 66.5 Å². The topological polar surface area (TPSA) is 102 Å². The number of nitrogens with one attached hydrogen (secondary N) is 1. The molecule has 0 aliphatic carbocycles. The van der Waals surface area contributed by atoms with Crippen LogP contribution in [0.1, 0.15) is 33.1 Å². The number of rotatable bonds is 9. The second kappa shape index (κ2) is 12.8. The minimum absolute atomic E-state index is 0. The van der Waals surface area contributed by atoms with Gasteiger partial charge in [-0.3, -0.25) is 0 Å². The molecule has 1 fully saturated rings. The summed E-state index contributed by atoms with van der Waals surface area (Å²) in [5, 5.41) is 23.5. The molecule has 1 aromatic carbocycles. The molecule has 7 nitrogen and oxygen atoms in total. The van der Waals surface area contributed by atoms with Gasteiger partial charge in [0.2, 0.25) is 0 Å². The minimum atomic E-state index is -1.28. The van der Waals surface area contributed by atoms with Crippen molar-refractivity contribution in [2.24, 2.45) is 11.8 Å². The Bertz CT molecular complexity index is 614.